The number of hydrogen-bond donors (Lipinski definition) is 0. The van der Waals surface area contributed by atoms with Gasteiger partial charge in [0.2, 0.25) is 0 Å². The standard InChI is InChI=1S/C76H114N2O2S4/c1-7-11-15-19-23-27-29-33-37-41-45-61(43-39-35-31-25-21-17-13-9-3)57-77-65-56-64-66(55-63(65)73(75(77)79)71-50-48-60(6)82-71)78(76(80)74(64)72-54-53-70(84-72)69-52-51-68(83-69)67-49-47-59(5)81-67)58-62(44-40-36-32-26-22-18-14-10-4)46-42-38-34-30-28-24-20-16-12-8-2/h47-56,61-62H,7-46,57-58H2,1-6H3. The molecule has 0 N–H and O–H groups in total. The first kappa shape index (κ1) is 68.2. The highest BCUT2D eigenvalue weighted by Crippen LogP contribution is 2.43. The molecule has 8 heteroatoms. The third kappa shape index (κ3) is 21.5. The molecule has 6 heterocycles. The molecule has 2 aliphatic rings. The van der Waals surface area contributed by atoms with Crippen LogP contribution < -0.4 is 20.2 Å². The Kier molecular flexibility index (Phi) is 31.6. The Morgan fingerprint density at radius 2 is 0.548 bits per heavy atom. The van der Waals surface area contributed by atoms with Crippen LogP contribution in [0.3, 0.4) is 0 Å². The van der Waals surface area contributed by atoms with Crippen LogP contribution in [0, 0.1) is 25.7 Å². The molecule has 0 aliphatic carbocycles. The number of fused-ring (bicyclic) bond motifs is 2. The van der Waals surface area contributed by atoms with Gasteiger partial charge in [-0.25, -0.2) is 0 Å². The number of carbonyl (C=O) groups is 2. The highest BCUT2D eigenvalue weighted by atomic mass is 32.1. The quantitative estimate of drug-likeness (QED) is 0.0364. The maximum absolute atomic E-state index is 15.8. The Morgan fingerprint density at radius 1 is 0.310 bits per heavy atom. The molecule has 2 unspecified atom stereocenters. The van der Waals surface area contributed by atoms with Crippen molar-refractivity contribution >= 4 is 79.7 Å². The number of nitrogens with zero attached hydrogens (tertiary/aromatic N) is 2. The van der Waals surface area contributed by atoms with Crippen molar-refractivity contribution in [1.82, 2.24) is 0 Å². The molecule has 0 radical (unpaired) electrons. The fraction of sp³-hybridized carbons (Fsp3) is 0.658. The molecule has 0 saturated heterocycles. The number of amides is 2. The predicted octanol–water partition coefficient (Wildman–Crippen LogP) is 23.9. The summed E-state index contributed by atoms with van der Waals surface area (Å²) < 4.78 is 0. The zero-order valence-electron chi connectivity index (χ0n) is 54.0. The van der Waals surface area contributed by atoms with Crippen LogP contribution in [0.2, 0.25) is 0 Å². The third-order valence-corrected chi connectivity index (χ3v) is 23.2. The minimum absolute atomic E-state index is 0.145. The Hall–Kier alpha value is -3.30. The van der Waals surface area contributed by atoms with Gasteiger partial charge in [-0.1, -0.05) is 259 Å². The SMILES string of the molecule is CCCCCCCCCCCCC(CCCCCCCCCC)CN1C(=O)C(c2ccc(C)s2)=c2cc3c(cc21)=C(c1ccc(-c2ccc(-c4ccc(C)s4)s2)s1)C(=O)N3CC(CCCCCCCCCC)CCCCCCCCCCCC. The fourth-order valence-electron chi connectivity index (χ4n) is 13.5. The Labute approximate surface area is 528 Å². The van der Waals surface area contributed by atoms with Crippen LogP contribution in [0.15, 0.2) is 60.7 Å². The topological polar surface area (TPSA) is 40.6 Å². The summed E-state index contributed by atoms with van der Waals surface area (Å²) in [6, 6.07) is 22.5. The maximum atomic E-state index is 15.8. The van der Waals surface area contributed by atoms with Crippen molar-refractivity contribution in [1.29, 1.82) is 0 Å². The lowest BCUT2D eigenvalue weighted by Gasteiger charge is -2.27. The van der Waals surface area contributed by atoms with Gasteiger partial charge in [0.1, 0.15) is 0 Å². The maximum Gasteiger partial charge on any atom is 0.260 e. The average Bonchev–Trinajstić information content (AvgIpc) is 3.85. The monoisotopic (exact) mass is 1210 g/mol. The first-order chi connectivity index (χ1) is 41.2. The lowest BCUT2D eigenvalue weighted by molar-refractivity contribution is -0.114. The van der Waals surface area contributed by atoms with Gasteiger partial charge < -0.3 is 9.80 Å². The van der Waals surface area contributed by atoms with Gasteiger partial charge in [0, 0.05) is 62.5 Å². The number of unbranched alkanes of at least 4 members (excludes halogenated alkanes) is 32. The lowest BCUT2D eigenvalue weighted by Crippen LogP contribution is -2.35. The van der Waals surface area contributed by atoms with E-state index in [4.69, 9.17) is 0 Å². The lowest BCUT2D eigenvalue weighted by atomic mass is 9.93. The summed E-state index contributed by atoms with van der Waals surface area (Å²) in [4.78, 5) is 45.5. The zero-order valence-corrected chi connectivity index (χ0v) is 57.2. The molecule has 0 saturated carbocycles. The van der Waals surface area contributed by atoms with Crippen LogP contribution in [-0.2, 0) is 9.59 Å². The normalized spacial score (nSPS) is 14.0. The highest BCUT2D eigenvalue weighted by Gasteiger charge is 2.38. The van der Waals surface area contributed by atoms with E-state index in [0.29, 0.717) is 11.8 Å². The Morgan fingerprint density at radius 3 is 0.845 bits per heavy atom. The summed E-state index contributed by atoms with van der Waals surface area (Å²) in [5.41, 5.74) is 3.70. The van der Waals surface area contributed by atoms with Crippen LogP contribution in [-0.4, -0.2) is 24.9 Å². The number of aryl methyl sites for hydroxylation is 2. The molecular weight excluding hydrogens is 1100 g/mol. The third-order valence-electron chi connectivity index (χ3n) is 18.6. The molecule has 2 atom stereocenters. The van der Waals surface area contributed by atoms with Crippen LogP contribution in [0.4, 0.5) is 11.4 Å². The van der Waals surface area contributed by atoms with E-state index in [1.54, 1.807) is 22.7 Å². The van der Waals surface area contributed by atoms with E-state index in [2.05, 4.69) is 112 Å². The van der Waals surface area contributed by atoms with Crippen molar-refractivity contribution in [2.24, 2.45) is 11.8 Å². The second-order valence-electron chi connectivity index (χ2n) is 25.8. The van der Waals surface area contributed by atoms with E-state index in [1.807, 2.05) is 22.7 Å². The number of benzene rings is 1. The fourth-order valence-corrected chi connectivity index (χ4v) is 17.5. The second kappa shape index (κ2) is 38.9. The minimum Gasteiger partial charge on any atom is -0.307 e. The highest BCUT2D eigenvalue weighted by molar-refractivity contribution is 7.26. The van der Waals surface area contributed by atoms with Gasteiger partial charge in [-0.15, -0.1) is 45.3 Å². The molecule has 0 spiro atoms. The van der Waals surface area contributed by atoms with E-state index in [-0.39, 0.29) is 11.8 Å². The molecule has 5 aromatic rings. The van der Waals surface area contributed by atoms with E-state index in [0.717, 1.165) is 68.6 Å². The summed E-state index contributed by atoms with van der Waals surface area (Å²) in [5.74, 6) is 1.16. The molecule has 7 rings (SSSR count). The van der Waals surface area contributed by atoms with Gasteiger partial charge in [0.05, 0.1) is 22.5 Å². The summed E-state index contributed by atoms with van der Waals surface area (Å²) in [6.07, 6.45) is 52.5. The molecule has 84 heavy (non-hydrogen) atoms. The average molecular weight is 1220 g/mol. The first-order valence-electron chi connectivity index (χ1n) is 35.1. The molecular formula is C76H114N2O2S4. The largest absolute Gasteiger partial charge is 0.307 e. The van der Waals surface area contributed by atoms with Gasteiger partial charge in [-0.3, -0.25) is 9.59 Å². The molecule has 2 amide bonds. The van der Waals surface area contributed by atoms with Crippen molar-refractivity contribution in [3.8, 4) is 19.5 Å². The Balaban J connectivity index is 1.20. The zero-order chi connectivity index (χ0) is 59.1. The van der Waals surface area contributed by atoms with E-state index in [9.17, 15) is 0 Å². The molecule has 0 bridgehead atoms. The van der Waals surface area contributed by atoms with Crippen LogP contribution in [0.25, 0.3) is 30.7 Å². The van der Waals surface area contributed by atoms with Gasteiger partial charge in [0.25, 0.3) is 11.8 Å². The van der Waals surface area contributed by atoms with Gasteiger partial charge in [-0.05, 0) is 112 Å². The smallest absolute Gasteiger partial charge is 0.260 e. The van der Waals surface area contributed by atoms with Gasteiger partial charge in [0.15, 0.2) is 0 Å². The summed E-state index contributed by atoms with van der Waals surface area (Å²) >= 11 is 7.22. The van der Waals surface area contributed by atoms with Crippen molar-refractivity contribution in [2.45, 2.75) is 298 Å². The first-order valence-corrected chi connectivity index (χ1v) is 38.4. The summed E-state index contributed by atoms with van der Waals surface area (Å²) in [5, 5.41) is 2.05. The number of carbonyl (C=O) groups excluding carboxylic acids is 2. The van der Waals surface area contributed by atoms with Crippen LogP contribution in [0.1, 0.15) is 304 Å². The van der Waals surface area contributed by atoms with Gasteiger partial charge >= 0.3 is 0 Å². The molecule has 0 fully saturated rings. The molecule has 1 aromatic carbocycles. The molecule has 4 nitrogen and oxygen atoms in total. The number of thiophene rings is 4. The van der Waals surface area contributed by atoms with E-state index in [1.165, 1.54) is 273 Å². The second-order valence-corrected chi connectivity index (χ2v) is 30.6. The van der Waals surface area contributed by atoms with Crippen LogP contribution >= 0.6 is 45.3 Å². The number of anilines is 2. The van der Waals surface area contributed by atoms with Crippen LogP contribution in [0.5, 0.6) is 0 Å². The Bertz CT molecular complexity index is 2790. The van der Waals surface area contributed by atoms with Crippen molar-refractivity contribution in [3.05, 3.63) is 90.6 Å². The summed E-state index contributed by atoms with van der Waals surface area (Å²) in [6.45, 7) is 15.1. The van der Waals surface area contributed by atoms with Crippen molar-refractivity contribution in [3.63, 3.8) is 0 Å². The number of rotatable bonds is 48. The van der Waals surface area contributed by atoms with Crippen molar-refractivity contribution < 1.29 is 9.59 Å². The van der Waals surface area contributed by atoms with E-state index >= 15 is 9.59 Å². The number of hydrogen-bond acceptors (Lipinski definition) is 6. The molecule has 464 valence electrons. The van der Waals surface area contributed by atoms with Gasteiger partial charge in [-0.2, -0.15) is 0 Å². The summed E-state index contributed by atoms with van der Waals surface area (Å²) in [7, 11) is 0. The predicted molar refractivity (Wildman–Crippen MR) is 375 cm³/mol. The molecule has 2 aliphatic heterocycles. The minimum atomic E-state index is 0.145. The van der Waals surface area contributed by atoms with Crippen molar-refractivity contribution in [2.75, 3.05) is 22.9 Å². The van der Waals surface area contributed by atoms with E-state index < -0.39 is 0 Å². The molecule has 4 aromatic heterocycles.